The van der Waals surface area contributed by atoms with Gasteiger partial charge in [0, 0.05) is 70.8 Å². The van der Waals surface area contributed by atoms with Crippen LogP contribution in [0.5, 0.6) is 0 Å². The van der Waals surface area contributed by atoms with E-state index in [2.05, 4.69) is 90.6 Å². The lowest BCUT2D eigenvalue weighted by atomic mass is 9.82. The Morgan fingerprint density at radius 2 is 0.732 bits per heavy atom. The maximum absolute atomic E-state index is 12.6. The summed E-state index contributed by atoms with van der Waals surface area (Å²) in [7, 11) is 0. The molecule has 1 N–H and O–H groups in total. The Morgan fingerprint density at radius 1 is 0.423 bits per heavy atom. The highest BCUT2D eigenvalue weighted by atomic mass is 19.4. The monoisotopic (exact) mass is 1450 g/mol. The van der Waals surface area contributed by atoms with Crippen LogP contribution in [0, 0.1) is 89.1 Å². The molecule has 2 aliphatic carbocycles. The molecular weight excluding hydrogens is 1310 g/mol. The number of ether oxygens (including phenoxy) is 2. The quantitative estimate of drug-likeness (QED) is 0.117. The van der Waals surface area contributed by atoms with Crippen LogP contribution in [-0.4, -0.2) is 88.7 Å². The smallest absolute Gasteiger partial charge is 0.396 e. The molecule has 0 unspecified atom stereocenters. The van der Waals surface area contributed by atoms with Gasteiger partial charge in [0.2, 0.25) is 28.8 Å². The number of alkyl halides is 18. The van der Waals surface area contributed by atoms with E-state index in [1.165, 1.54) is 40.5 Å². The lowest BCUT2D eigenvalue weighted by Gasteiger charge is -2.25. The predicted octanol–water partition coefficient (Wildman–Crippen LogP) is 28.8. The van der Waals surface area contributed by atoms with Crippen molar-refractivity contribution in [1.82, 2.24) is 0 Å². The van der Waals surface area contributed by atoms with Crippen LogP contribution < -0.4 is 0 Å². The molecule has 97 heavy (non-hydrogen) atoms. The van der Waals surface area contributed by atoms with Gasteiger partial charge in [-0.1, -0.05) is 159 Å². The van der Waals surface area contributed by atoms with E-state index in [0.29, 0.717) is 30.1 Å². The van der Waals surface area contributed by atoms with Crippen LogP contribution in [0.3, 0.4) is 0 Å². The molecular formula is C74H144F18N2O3. The summed E-state index contributed by atoms with van der Waals surface area (Å²) in [4.78, 5) is 7.05. The fourth-order valence-corrected chi connectivity index (χ4v) is 6.10. The van der Waals surface area contributed by atoms with Gasteiger partial charge in [-0.05, 0) is 155 Å². The third-order valence-corrected chi connectivity index (χ3v) is 15.2. The van der Waals surface area contributed by atoms with Gasteiger partial charge in [0.05, 0.1) is 12.2 Å². The normalized spacial score (nSPS) is 14.6. The summed E-state index contributed by atoms with van der Waals surface area (Å²) in [5, 5.41) is 8.76. The highest BCUT2D eigenvalue weighted by Gasteiger charge is 2.58. The average Bonchev–Trinajstić information content (AvgIpc) is 1.59. The van der Waals surface area contributed by atoms with Crippen molar-refractivity contribution in [3.05, 3.63) is 22.8 Å². The van der Waals surface area contributed by atoms with E-state index in [9.17, 15) is 79.0 Å². The lowest BCUT2D eigenvalue weighted by Crippen LogP contribution is -2.40. The minimum atomic E-state index is -5.20. The van der Waals surface area contributed by atoms with Crippen LogP contribution >= 0.6 is 0 Å². The first-order valence-corrected chi connectivity index (χ1v) is 34.0. The maximum atomic E-state index is 12.6. The average molecular weight is 1450 g/mol. The number of nitrogens with zero attached hydrogens (tertiary/aromatic N) is 2. The molecule has 2 fully saturated rings. The molecule has 2 saturated carbocycles. The molecule has 0 aliphatic heterocycles. The second-order valence-corrected chi connectivity index (χ2v) is 32.7. The molecule has 0 radical (unpaired) electrons. The van der Waals surface area contributed by atoms with Gasteiger partial charge in [-0.25, -0.2) is 43.9 Å². The second kappa shape index (κ2) is 50.1. The van der Waals surface area contributed by atoms with E-state index in [1.54, 1.807) is 83.1 Å². The minimum Gasteiger partial charge on any atom is -0.396 e. The van der Waals surface area contributed by atoms with E-state index in [1.807, 2.05) is 41.5 Å². The zero-order valence-corrected chi connectivity index (χ0v) is 67.6. The molecule has 0 saturated heterocycles. The van der Waals surface area contributed by atoms with Crippen molar-refractivity contribution >= 4 is 0 Å². The van der Waals surface area contributed by atoms with Crippen molar-refractivity contribution < 1.29 is 93.6 Å². The Balaban J connectivity index is -0.000000107. The Morgan fingerprint density at radius 3 is 0.732 bits per heavy atom. The van der Waals surface area contributed by atoms with Crippen molar-refractivity contribution in [1.29, 1.82) is 0 Å². The zero-order valence-electron chi connectivity index (χ0n) is 67.6. The van der Waals surface area contributed by atoms with Gasteiger partial charge in [-0.2, -0.15) is 48.3 Å². The van der Waals surface area contributed by atoms with Gasteiger partial charge in [0.15, 0.2) is 5.92 Å². The molecule has 0 amide bonds. The molecule has 594 valence electrons. The molecule has 23 heteroatoms. The Hall–Kier alpha value is -2.40. The molecule has 0 atom stereocenters. The maximum Gasteiger partial charge on any atom is 0.400 e. The van der Waals surface area contributed by atoms with E-state index < -0.39 is 84.0 Å². The Labute approximate surface area is 582 Å². The zero-order chi connectivity index (χ0) is 81.5. The molecule has 0 heterocycles. The number of aliphatic hydroxyl groups is 1. The van der Waals surface area contributed by atoms with Crippen molar-refractivity contribution in [3.63, 3.8) is 0 Å². The Kier molecular flexibility index (Phi) is 59.8. The molecule has 0 bridgehead atoms. The topological polar surface area (TPSA) is 47.4 Å². The minimum absolute atomic E-state index is 0.00694. The highest BCUT2D eigenvalue weighted by Crippen LogP contribution is 2.51. The fourth-order valence-electron chi connectivity index (χ4n) is 6.10. The van der Waals surface area contributed by atoms with Crippen molar-refractivity contribution in [2.45, 2.75) is 385 Å². The van der Waals surface area contributed by atoms with Gasteiger partial charge < -0.3 is 24.3 Å². The Bertz CT molecular complexity index is 1750. The number of hydrogen-bond donors (Lipinski definition) is 1. The summed E-state index contributed by atoms with van der Waals surface area (Å²) >= 11 is 0. The van der Waals surface area contributed by atoms with Crippen molar-refractivity contribution in [2.24, 2.45) is 75.9 Å². The molecule has 0 aromatic heterocycles. The molecule has 0 spiro atoms. The third-order valence-electron chi connectivity index (χ3n) is 15.2. The van der Waals surface area contributed by atoms with Crippen LogP contribution in [-0.2, 0) is 9.47 Å². The summed E-state index contributed by atoms with van der Waals surface area (Å²) in [6.45, 7) is 79.4. The number of rotatable bonds is 17. The SMILES string of the molecule is CC(C)C(C(F)(F)F)C(F)(F)F.CC(C)C(C)(C)CO.CC(C)C(C)(C)F.CC(C)C(C)(F)F.CC(C)C1(C)CC1.CC(C)CC(C)(C)F.CC(C)CC(C)(F)F.CC(C)CC(F)(F)F.CC(C)OC(C)(C)F.CC(C)OC(C)(F)F.[C-]#[N+]C(C)(C)C(C)C.[C-]#[N+]C1(C(C)C)CC1. The van der Waals surface area contributed by atoms with Crippen LogP contribution in [0.4, 0.5) is 79.0 Å². The van der Waals surface area contributed by atoms with Crippen LogP contribution in [0.25, 0.3) is 9.69 Å². The first kappa shape index (κ1) is 116. The largest absolute Gasteiger partial charge is 0.400 e. The van der Waals surface area contributed by atoms with Gasteiger partial charge in [0.1, 0.15) is 11.3 Å². The summed E-state index contributed by atoms with van der Waals surface area (Å²) < 4.78 is 222. The van der Waals surface area contributed by atoms with Gasteiger partial charge in [0.25, 0.3) is 0 Å². The summed E-state index contributed by atoms with van der Waals surface area (Å²) in [5.74, 6) is -8.78. The number of halogens is 18. The highest BCUT2D eigenvalue weighted by molar-refractivity contribution is 5.12. The van der Waals surface area contributed by atoms with Gasteiger partial charge in [-0.3, -0.25) is 0 Å². The second-order valence-electron chi connectivity index (χ2n) is 32.7. The van der Waals surface area contributed by atoms with Crippen LogP contribution in [0.1, 0.15) is 308 Å². The van der Waals surface area contributed by atoms with Crippen molar-refractivity contribution in [3.8, 4) is 0 Å². The van der Waals surface area contributed by atoms with Crippen molar-refractivity contribution in [2.75, 3.05) is 6.61 Å². The molecule has 0 aromatic rings. The van der Waals surface area contributed by atoms with Gasteiger partial charge in [-0.15, -0.1) is 0 Å². The van der Waals surface area contributed by atoms with Crippen LogP contribution in [0.15, 0.2) is 0 Å². The van der Waals surface area contributed by atoms with E-state index in [0.717, 1.165) is 58.8 Å². The predicted molar refractivity (Wildman–Crippen MR) is 371 cm³/mol. The van der Waals surface area contributed by atoms with Crippen LogP contribution in [0.2, 0.25) is 0 Å². The first-order chi connectivity index (χ1) is 41.9. The summed E-state index contributed by atoms with van der Waals surface area (Å²) in [6, 6.07) is 0. The summed E-state index contributed by atoms with van der Waals surface area (Å²) in [5.41, 5.74) is -1.21. The standard InChI is InChI=1S/C7H15F.C7H11N.C7H13N.C7H16O.C7H14.C6H8F6.C6H12F2.C6H13FO.C6H13F.C5H9F3.C5H10F2O.C5H10F2/c1-6(2)5-7(3,4)8;1-6(2)7(8-3)4-5-7;1-6(2)7(3,4)8-5;1-6(2)7(3,4)5-8;1-6(2)7(3)4-5-7;1-3(2)4(5(7,8)9)6(10,11)12;1-5(2)4-6(3,7)8;1-5(2)8-6(3,4)7;1-5(2)6(3,4)7;1-4(2)3-5(6,7)8;1-4(2)8-5(3,6)7;1-4(2)5(3,6)7/h6H,5H2,1-4H3;6H,4-5H2,1-2H3;6H,1-4H3;6,8H,5H2,1-4H3;6H,4-5H2,1-3H3;3-4H,1-2H3;5H,4H2,1-3H3;5H,1-4H3;5H,1-4H3;4H,3H2,1-2H3;4H,1-3H3;4H,1-3H3. The van der Waals surface area contributed by atoms with E-state index in [4.69, 9.17) is 23.0 Å². The first-order valence-electron chi connectivity index (χ1n) is 34.0. The molecule has 2 rings (SSSR count). The lowest BCUT2D eigenvalue weighted by molar-refractivity contribution is -0.295. The number of hydrogen-bond acceptors (Lipinski definition) is 3. The summed E-state index contributed by atoms with van der Waals surface area (Å²) in [6.07, 6.45) is -12.6. The molecule has 5 nitrogen and oxygen atoms in total. The fraction of sp³-hybridized carbons (Fsp3) is 0.973. The number of aliphatic hydroxyl groups excluding tert-OH is 1. The van der Waals surface area contributed by atoms with E-state index >= 15 is 0 Å². The molecule has 0 aromatic carbocycles. The van der Waals surface area contributed by atoms with E-state index in [-0.39, 0.29) is 53.4 Å². The molecule has 2 aliphatic rings. The third kappa shape index (κ3) is 89.6. The van der Waals surface area contributed by atoms with Gasteiger partial charge >= 0.3 is 24.6 Å².